The van der Waals surface area contributed by atoms with Gasteiger partial charge in [0.2, 0.25) is 0 Å². The van der Waals surface area contributed by atoms with Crippen molar-refractivity contribution in [3.63, 3.8) is 0 Å². The molecule has 0 heterocycles. The summed E-state index contributed by atoms with van der Waals surface area (Å²) in [6.07, 6.45) is 0.0118. The summed E-state index contributed by atoms with van der Waals surface area (Å²) in [4.78, 5) is 11.0. The van der Waals surface area contributed by atoms with Gasteiger partial charge in [-0.05, 0) is 46.2 Å². The Kier molecular flexibility index (Phi) is 4.43. The van der Waals surface area contributed by atoms with Gasteiger partial charge in [-0.25, -0.2) is 0 Å². The fourth-order valence-corrected chi connectivity index (χ4v) is 2.51. The Morgan fingerprint density at radius 3 is 2.56 bits per heavy atom. The molecule has 0 spiro atoms. The van der Waals surface area contributed by atoms with Crippen LogP contribution in [0.2, 0.25) is 0 Å². The number of Topliss-reactive ketones (excluding diaryl/α,β-unsaturated/α-hetero) is 1. The van der Waals surface area contributed by atoms with Crippen LogP contribution in [0, 0.1) is 0 Å². The van der Waals surface area contributed by atoms with E-state index in [1.807, 2.05) is 0 Å². The SMILES string of the molecule is CC(=O)Cc1cccc(Br)c1SC(F)(F)F. The lowest BCUT2D eigenvalue weighted by molar-refractivity contribution is -0.116. The van der Waals surface area contributed by atoms with Gasteiger partial charge in [0.05, 0.1) is 0 Å². The van der Waals surface area contributed by atoms with Crippen LogP contribution in [0.15, 0.2) is 27.6 Å². The van der Waals surface area contributed by atoms with Crippen molar-refractivity contribution in [1.82, 2.24) is 0 Å². The third kappa shape index (κ3) is 4.17. The summed E-state index contributed by atoms with van der Waals surface area (Å²) in [5, 5.41) is 0. The standard InChI is InChI=1S/C10H8BrF3OS/c1-6(15)5-7-3-2-4-8(11)9(7)16-10(12,13)14/h2-4H,5H2,1H3. The molecule has 1 rings (SSSR count). The molecule has 0 fully saturated rings. The van der Waals surface area contributed by atoms with Gasteiger partial charge in [-0.15, -0.1) is 0 Å². The zero-order valence-corrected chi connectivity index (χ0v) is 10.7. The maximum Gasteiger partial charge on any atom is 0.446 e. The van der Waals surface area contributed by atoms with Crippen LogP contribution in [0.25, 0.3) is 0 Å². The van der Waals surface area contributed by atoms with Crippen LogP contribution in [-0.4, -0.2) is 11.3 Å². The Morgan fingerprint density at radius 1 is 1.44 bits per heavy atom. The summed E-state index contributed by atoms with van der Waals surface area (Å²) >= 11 is 2.85. The average molecular weight is 313 g/mol. The minimum atomic E-state index is -4.35. The molecule has 1 aromatic rings. The quantitative estimate of drug-likeness (QED) is 0.778. The number of carbonyl (C=O) groups is 1. The van der Waals surface area contributed by atoms with Gasteiger partial charge in [-0.2, -0.15) is 13.2 Å². The molecular weight excluding hydrogens is 305 g/mol. The number of hydrogen-bond donors (Lipinski definition) is 0. The second-order valence-corrected chi connectivity index (χ2v) is 5.08. The highest BCUT2D eigenvalue weighted by atomic mass is 79.9. The predicted octanol–water partition coefficient (Wildman–Crippen LogP) is 4.19. The Morgan fingerprint density at radius 2 is 2.06 bits per heavy atom. The molecule has 0 radical (unpaired) electrons. The summed E-state index contributed by atoms with van der Waals surface area (Å²) < 4.78 is 37.2. The summed E-state index contributed by atoms with van der Waals surface area (Å²) in [5.74, 6) is -0.165. The van der Waals surface area contributed by atoms with E-state index in [2.05, 4.69) is 15.9 Å². The van der Waals surface area contributed by atoms with Crippen LogP contribution in [0.4, 0.5) is 13.2 Å². The van der Waals surface area contributed by atoms with Crippen LogP contribution in [0.1, 0.15) is 12.5 Å². The molecule has 88 valence electrons. The third-order valence-corrected chi connectivity index (χ3v) is 3.55. The van der Waals surface area contributed by atoms with Crippen LogP contribution < -0.4 is 0 Å². The smallest absolute Gasteiger partial charge is 0.300 e. The number of carbonyl (C=O) groups excluding carboxylic acids is 1. The lowest BCUT2D eigenvalue weighted by Crippen LogP contribution is -2.04. The van der Waals surface area contributed by atoms with Gasteiger partial charge in [0.1, 0.15) is 5.78 Å². The third-order valence-electron chi connectivity index (χ3n) is 1.71. The first-order valence-electron chi connectivity index (χ1n) is 4.32. The largest absolute Gasteiger partial charge is 0.446 e. The van der Waals surface area contributed by atoms with E-state index in [9.17, 15) is 18.0 Å². The topological polar surface area (TPSA) is 17.1 Å². The Balaban J connectivity index is 3.08. The molecule has 0 bridgehead atoms. The van der Waals surface area contributed by atoms with E-state index in [0.717, 1.165) is 0 Å². The summed E-state index contributed by atoms with van der Waals surface area (Å²) in [5.41, 5.74) is -3.96. The van der Waals surface area contributed by atoms with Gasteiger partial charge in [0, 0.05) is 15.8 Å². The maximum atomic E-state index is 12.3. The zero-order valence-electron chi connectivity index (χ0n) is 8.27. The van der Waals surface area contributed by atoms with Crippen molar-refractivity contribution in [3.8, 4) is 0 Å². The minimum absolute atomic E-state index is 0.0118. The number of rotatable bonds is 3. The first-order valence-corrected chi connectivity index (χ1v) is 5.93. The second kappa shape index (κ2) is 5.23. The van der Waals surface area contributed by atoms with Crippen molar-refractivity contribution in [2.45, 2.75) is 23.7 Å². The number of benzene rings is 1. The van der Waals surface area contributed by atoms with E-state index >= 15 is 0 Å². The Labute approximate surface area is 104 Å². The highest BCUT2D eigenvalue weighted by Crippen LogP contribution is 2.42. The summed E-state index contributed by atoms with van der Waals surface area (Å²) in [6, 6.07) is 4.67. The van der Waals surface area contributed by atoms with Crippen LogP contribution in [-0.2, 0) is 11.2 Å². The molecule has 16 heavy (non-hydrogen) atoms. The molecule has 1 aromatic carbocycles. The molecule has 0 aromatic heterocycles. The van der Waals surface area contributed by atoms with Gasteiger partial charge in [-0.3, -0.25) is 4.79 Å². The van der Waals surface area contributed by atoms with Gasteiger partial charge in [0.25, 0.3) is 0 Å². The molecule has 0 aliphatic carbocycles. The molecule has 6 heteroatoms. The molecule has 0 N–H and O–H groups in total. The number of ketones is 1. The van der Waals surface area contributed by atoms with E-state index in [4.69, 9.17) is 0 Å². The lowest BCUT2D eigenvalue weighted by Gasteiger charge is -2.11. The van der Waals surface area contributed by atoms with Crippen LogP contribution in [0.5, 0.6) is 0 Å². The van der Waals surface area contributed by atoms with Gasteiger partial charge in [-0.1, -0.05) is 12.1 Å². The molecule has 0 atom stereocenters. The average Bonchev–Trinajstić information content (AvgIpc) is 2.08. The number of halogens is 4. The summed E-state index contributed by atoms with van der Waals surface area (Å²) in [6.45, 7) is 1.35. The van der Waals surface area contributed by atoms with E-state index < -0.39 is 5.51 Å². The van der Waals surface area contributed by atoms with Crippen LogP contribution in [0.3, 0.4) is 0 Å². The van der Waals surface area contributed by atoms with Crippen molar-refractivity contribution in [3.05, 3.63) is 28.2 Å². The molecule has 0 unspecified atom stereocenters. The van der Waals surface area contributed by atoms with Crippen molar-refractivity contribution in [2.75, 3.05) is 0 Å². The van der Waals surface area contributed by atoms with Crippen molar-refractivity contribution < 1.29 is 18.0 Å². The van der Waals surface area contributed by atoms with E-state index in [1.54, 1.807) is 6.07 Å². The molecule has 0 amide bonds. The van der Waals surface area contributed by atoms with E-state index in [1.165, 1.54) is 19.1 Å². The number of hydrogen-bond acceptors (Lipinski definition) is 2. The molecular formula is C10H8BrF3OS. The maximum absolute atomic E-state index is 12.3. The van der Waals surface area contributed by atoms with Gasteiger partial charge in [0.15, 0.2) is 0 Å². The molecule has 0 aliphatic heterocycles. The Bertz CT molecular complexity index is 404. The number of alkyl halides is 3. The predicted molar refractivity (Wildman–Crippen MR) is 60.4 cm³/mol. The highest BCUT2D eigenvalue weighted by molar-refractivity contribution is 9.10. The fraction of sp³-hybridized carbons (Fsp3) is 0.300. The molecule has 0 aliphatic rings. The van der Waals surface area contributed by atoms with Crippen LogP contribution >= 0.6 is 27.7 Å². The molecule has 0 saturated carbocycles. The molecule has 0 saturated heterocycles. The van der Waals surface area contributed by atoms with Crippen molar-refractivity contribution >= 4 is 33.5 Å². The van der Waals surface area contributed by atoms with E-state index in [-0.39, 0.29) is 28.9 Å². The van der Waals surface area contributed by atoms with Gasteiger partial charge < -0.3 is 0 Å². The number of thioether (sulfide) groups is 1. The van der Waals surface area contributed by atoms with Crippen molar-refractivity contribution in [2.24, 2.45) is 0 Å². The normalized spacial score (nSPS) is 11.6. The minimum Gasteiger partial charge on any atom is -0.300 e. The first-order chi connectivity index (χ1) is 7.29. The van der Waals surface area contributed by atoms with Crippen molar-refractivity contribution in [1.29, 1.82) is 0 Å². The first kappa shape index (κ1) is 13.6. The lowest BCUT2D eigenvalue weighted by atomic mass is 10.1. The second-order valence-electron chi connectivity index (χ2n) is 3.15. The Hall–Kier alpha value is -0.490. The zero-order chi connectivity index (χ0) is 12.3. The van der Waals surface area contributed by atoms with Gasteiger partial charge >= 0.3 is 5.51 Å². The summed E-state index contributed by atoms with van der Waals surface area (Å²) in [7, 11) is 0. The molecule has 1 nitrogen and oxygen atoms in total. The monoisotopic (exact) mass is 312 g/mol. The fourth-order valence-electron chi connectivity index (χ4n) is 1.19. The van der Waals surface area contributed by atoms with E-state index in [0.29, 0.717) is 10.0 Å². The highest BCUT2D eigenvalue weighted by Gasteiger charge is 2.31.